The normalized spacial score (nSPS) is 10.5. The highest BCUT2D eigenvalue weighted by atomic mass is 35.5. The molecule has 100 valence electrons. The van der Waals surface area contributed by atoms with Crippen molar-refractivity contribution in [2.24, 2.45) is 7.05 Å². The van der Waals surface area contributed by atoms with E-state index in [-0.39, 0.29) is 0 Å². The van der Waals surface area contributed by atoms with E-state index in [2.05, 4.69) is 20.4 Å². The monoisotopic (exact) mass is 285 g/mol. The summed E-state index contributed by atoms with van der Waals surface area (Å²) in [6.45, 7) is 0. The number of benzene rings is 1. The molecule has 2 aromatic heterocycles. The Hall–Kier alpha value is -2.40. The van der Waals surface area contributed by atoms with Crippen LogP contribution in [0.4, 0.5) is 11.5 Å². The van der Waals surface area contributed by atoms with Crippen molar-refractivity contribution < 1.29 is 0 Å². The molecule has 0 radical (unpaired) electrons. The number of nitrogens with one attached hydrogen (secondary N) is 1. The van der Waals surface area contributed by atoms with Crippen molar-refractivity contribution in [1.82, 2.24) is 19.7 Å². The molecule has 0 saturated heterocycles. The number of halogens is 1. The minimum atomic E-state index is 0.703. The van der Waals surface area contributed by atoms with Gasteiger partial charge in [0.15, 0.2) is 0 Å². The lowest BCUT2D eigenvalue weighted by Gasteiger charge is -2.06. The van der Waals surface area contributed by atoms with E-state index < -0.39 is 0 Å². The molecular formula is C14H12ClN5. The van der Waals surface area contributed by atoms with Gasteiger partial charge < -0.3 is 5.32 Å². The van der Waals surface area contributed by atoms with E-state index in [1.165, 1.54) is 6.33 Å². The van der Waals surface area contributed by atoms with Crippen LogP contribution in [0.3, 0.4) is 0 Å². The van der Waals surface area contributed by atoms with Gasteiger partial charge in [-0.2, -0.15) is 5.10 Å². The molecule has 6 heteroatoms. The molecule has 3 aromatic rings. The van der Waals surface area contributed by atoms with E-state index in [9.17, 15) is 0 Å². The van der Waals surface area contributed by atoms with Crippen LogP contribution in [0.5, 0.6) is 0 Å². The van der Waals surface area contributed by atoms with Gasteiger partial charge in [-0.1, -0.05) is 11.6 Å². The number of hydrogen-bond acceptors (Lipinski definition) is 4. The second-order valence-electron chi connectivity index (χ2n) is 4.32. The van der Waals surface area contributed by atoms with Gasteiger partial charge in [0, 0.05) is 35.6 Å². The summed E-state index contributed by atoms with van der Waals surface area (Å²) >= 11 is 5.86. The number of anilines is 2. The number of nitrogens with zero attached hydrogens (tertiary/aromatic N) is 4. The third kappa shape index (κ3) is 2.78. The van der Waals surface area contributed by atoms with Crippen molar-refractivity contribution in [3.05, 3.63) is 54.1 Å². The van der Waals surface area contributed by atoms with Crippen LogP contribution < -0.4 is 5.32 Å². The zero-order chi connectivity index (χ0) is 13.9. The molecule has 5 nitrogen and oxygen atoms in total. The lowest BCUT2D eigenvalue weighted by atomic mass is 10.2. The van der Waals surface area contributed by atoms with E-state index in [4.69, 9.17) is 11.6 Å². The van der Waals surface area contributed by atoms with Crippen LogP contribution in [0.25, 0.3) is 11.3 Å². The van der Waals surface area contributed by atoms with Gasteiger partial charge >= 0.3 is 0 Å². The molecule has 0 spiro atoms. The Morgan fingerprint density at radius 1 is 1.15 bits per heavy atom. The average molecular weight is 286 g/mol. The number of hydrogen-bond donors (Lipinski definition) is 1. The smallest absolute Gasteiger partial charge is 0.134 e. The van der Waals surface area contributed by atoms with E-state index in [0.717, 1.165) is 22.8 Å². The van der Waals surface area contributed by atoms with Crippen molar-refractivity contribution in [3.63, 3.8) is 0 Å². The average Bonchev–Trinajstić information content (AvgIpc) is 2.89. The summed E-state index contributed by atoms with van der Waals surface area (Å²) in [4.78, 5) is 8.46. The Labute approximate surface area is 121 Å². The molecule has 0 unspecified atom stereocenters. The van der Waals surface area contributed by atoms with Crippen molar-refractivity contribution in [2.75, 3.05) is 5.32 Å². The van der Waals surface area contributed by atoms with Crippen LogP contribution in [0, 0.1) is 0 Å². The summed E-state index contributed by atoms with van der Waals surface area (Å²) in [6.07, 6.45) is 5.21. The maximum atomic E-state index is 5.86. The molecule has 0 amide bonds. The molecule has 1 aromatic carbocycles. The third-order valence-electron chi connectivity index (χ3n) is 2.78. The van der Waals surface area contributed by atoms with Crippen molar-refractivity contribution in [1.29, 1.82) is 0 Å². The molecule has 0 saturated carbocycles. The summed E-state index contributed by atoms with van der Waals surface area (Å²) in [5, 5.41) is 8.05. The summed E-state index contributed by atoms with van der Waals surface area (Å²) in [7, 11) is 1.87. The number of aromatic nitrogens is 4. The van der Waals surface area contributed by atoms with Crippen molar-refractivity contribution in [2.45, 2.75) is 0 Å². The molecule has 3 rings (SSSR count). The second kappa shape index (κ2) is 5.30. The van der Waals surface area contributed by atoms with E-state index in [1.54, 1.807) is 10.9 Å². The highest BCUT2D eigenvalue weighted by molar-refractivity contribution is 6.30. The summed E-state index contributed by atoms with van der Waals surface area (Å²) < 4.78 is 1.74. The molecule has 1 N–H and O–H groups in total. The third-order valence-corrected chi connectivity index (χ3v) is 3.04. The van der Waals surface area contributed by atoms with Gasteiger partial charge in [-0.3, -0.25) is 4.68 Å². The number of rotatable bonds is 3. The maximum absolute atomic E-state index is 5.86. The zero-order valence-electron chi connectivity index (χ0n) is 10.8. The lowest BCUT2D eigenvalue weighted by Crippen LogP contribution is -1.95. The molecule has 0 aliphatic carbocycles. The van der Waals surface area contributed by atoms with Gasteiger partial charge in [-0.15, -0.1) is 0 Å². The number of aryl methyl sites for hydroxylation is 1. The van der Waals surface area contributed by atoms with Crippen molar-refractivity contribution >= 4 is 23.1 Å². The molecule has 0 bridgehead atoms. The van der Waals surface area contributed by atoms with E-state index in [0.29, 0.717) is 5.02 Å². The van der Waals surface area contributed by atoms with Crippen LogP contribution in [0.2, 0.25) is 5.02 Å². The van der Waals surface area contributed by atoms with E-state index >= 15 is 0 Å². The quantitative estimate of drug-likeness (QED) is 0.802. The molecule has 20 heavy (non-hydrogen) atoms. The Bertz CT molecular complexity index is 720. The minimum absolute atomic E-state index is 0.703. The minimum Gasteiger partial charge on any atom is -0.340 e. The standard InChI is InChI=1S/C14H12ClN5/c1-20-8-10(7-18-20)13-6-14(17-9-16-13)19-12-4-2-11(15)3-5-12/h2-9H,1H3,(H,16,17,19). The first-order valence-corrected chi connectivity index (χ1v) is 6.42. The van der Waals surface area contributed by atoms with Crippen molar-refractivity contribution in [3.8, 4) is 11.3 Å². The predicted molar refractivity (Wildman–Crippen MR) is 79.0 cm³/mol. The first-order valence-electron chi connectivity index (χ1n) is 6.04. The molecule has 2 heterocycles. The fraction of sp³-hybridized carbons (Fsp3) is 0.0714. The van der Waals surface area contributed by atoms with Crippen LogP contribution in [-0.4, -0.2) is 19.7 Å². The Morgan fingerprint density at radius 2 is 1.95 bits per heavy atom. The van der Waals surface area contributed by atoms with Gasteiger partial charge in [0.1, 0.15) is 12.1 Å². The van der Waals surface area contributed by atoms with Gasteiger partial charge in [-0.05, 0) is 24.3 Å². The van der Waals surface area contributed by atoms with Gasteiger partial charge in [-0.25, -0.2) is 9.97 Å². The van der Waals surface area contributed by atoms with Gasteiger partial charge in [0.25, 0.3) is 0 Å². The predicted octanol–water partition coefficient (Wildman–Crippen LogP) is 3.27. The lowest BCUT2D eigenvalue weighted by molar-refractivity contribution is 0.768. The fourth-order valence-corrected chi connectivity index (χ4v) is 1.94. The molecule has 0 aliphatic rings. The Morgan fingerprint density at radius 3 is 2.65 bits per heavy atom. The zero-order valence-corrected chi connectivity index (χ0v) is 11.5. The Balaban J connectivity index is 1.86. The van der Waals surface area contributed by atoms with Crippen LogP contribution in [0.15, 0.2) is 49.1 Å². The van der Waals surface area contributed by atoms with Crippen LogP contribution >= 0.6 is 11.6 Å². The molecule has 0 atom stereocenters. The van der Waals surface area contributed by atoms with Gasteiger partial charge in [0.2, 0.25) is 0 Å². The molecular weight excluding hydrogens is 274 g/mol. The summed E-state index contributed by atoms with van der Waals surface area (Å²) in [5.74, 6) is 0.723. The largest absolute Gasteiger partial charge is 0.340 e. The first kappa shape index (κ1) is 12.6. The molecule has 0 fully saturated rings. The highest BCUT2D eigenvalue weighted by Crippen LogP contribution is 2.21. The highest BCUT2D eigenvalue weighted by Gasteiger charge is 2.04. The topological polar surface area (TPSA) is 55.6 Å². The van der Waals surface area contributed by atoms with Crippen LogP contribution in [-0.2, 0) is 7.05 Å². The van der Waals surface area contributed by atoms with E-state index in [1.807, 2.05) is 43.6 Å². The summed E-state index contributed by atoms with van der Waals surface area (Å²) in [6, 6.07) is 9.33. The summed E-state index contributed by atoms with van der Waals surface area (Å²) in [5.41, 5.74) is 2.70. The van der Waals surface area contributed by atoms with Gasteiger partial charge in [0.05, 0.1) is 11.9 Å². The van der Waals surface area contributed by atoms with Crippen LogP contribution in [0.1, 0.15) is 0 Å². The molecule has 0 aliphatic heterocycles. The first-order chi connectivity index (χ1) is 9.70. The SMILES string of the molecule is Cn1cc(-c2cc(Nc3ccc(Cl)cc3)ncn2)cn1. The maximum Gasteiger partial charge on any atom is 0.134 e. The Kier molecular flexibility index (Phi) is 3.35. The second-order valence-corrected chi connectivity index (χ2v) is 4.76. The fourth-order valence-electron chi connectivity index (χ4n) is 1.82.